The molecule has 2 aromatic rings. The van der Waals surface area contributed by atoms with Crippen LogP contribution < -0.4 is 21.9 Å². The number of pyridine rings is 1. The van der Waals surface area contributed by atoms with Crippen molar-refractivity contribution < 1.29 is 9.13 Å². The zero-order valence-corrected chi connectivity index (χ0v) is 20.4. The highest BCUT2D eigenvalue weighted by Gasteiger charge is 2.24. The number of hydrogen-bond acceptors (Lipinski definition) is 7. The summed E-state index contributed by atoms with van der Waals surface area (Å²) >= 11 is 0. The van der Waals surface area contributed by atoms with Crippen molar-refractivity contribution in [2.45, 2.75) is 40.2 Å². The Bertz CT molecular complexity index is 1200. The predicted octanol–water partition coefficient (Wildman–Crippen LogP) is 4.39. The van der Waals surface area contributed by atoms with E-state index in [-0.39, 0.29) is 17.6 Å². The van der Waals surface area contributed by atoms with Crippen molar-refractivity contribution in [2.75, 3.05) is 19.3 Å². The molecule has 1 aliphatic rings. The molecule has 0 saturated carbocycles. The zero-order valence-electron chi connectivity index (χ0n) is 20.4. The molecule has 0 amide bonds. The van der Waals surface area contributed by atoms with Crippen molar-refractivity contribution in [1.82, 2.24) is 4.98 Å². The van der Waals surface area contributed by atoms with Crippen LogP contribution in [-0.4, -0.2) is 30.5 Å². The number of nitrogens with zero attached hydrogens (tertiary/aromatic N) is 3. The zero-order chi connectivity index (χ0) is 25.0. The van der Waals surface area contributed by atoms with Crippen LogP contribution in [0.3, 0.4) is 0 Å². The van der Waals surface area contributed by atoms with Crippen molar-refractivity contribution in [3.8, 4) is 5.75 Å². The van der Waals surface area contributed by atoms with Crippen LogP contribution in [0.5, 0.6) is 5.75 Å². The van der Waals surface area contributed by atoms with Gasteiger partial charge in [-0.25, -0.2) is 9.37 Å². The molecule has 3 rings (SSSR count). The number of benzene rings is 1. The van der Waals surface area contributed by atoms with Crippen molar-refractivity contribution in [3.05, 3.63) is 69.8 Å². The van der Waals surface area contributed by atoms with E-state index >= 15 is 0 Å². The minimum Gasteiger partial charge on any atom is -0.482 e. The van der Waals surface area contributed by atoms with E-state index < -0.39 is 6.10 Å². The molecule has 1 aromatic carbocycles. The fourth-order valence-corrected chi connectivity index (χ4v) is 3.97. The summed E-state index contributed by atoms with van der Waals surface area (Å²) in [6.45, 7) is 8.37. The van der Waals surface area contributed by atoms with Gasteiger partial charge in [0.05, 0.1) is 5.71 Å². The Morgan fingerprint density at radius 2 is 2.03 bits per heavy atom. The molecule has 8 heteroatoms. The van der Waals surface area contributed by atoms with Gasteiger partial charge in [0.25, 0.3) is 0 Å². The van der Waals surface area contributed by atoms with Gasteiger partial charge in [0.15, 0.2) is 11.6 Å². The Kier molecular flexibility index (Phi) is 7.71. The van der Waals surface area contributed by atoms with Crippen LogP contribution in [-0.2, 0) is 0 Å². The third-order valence-electron chi connectivity index (χ3n) is 5.77. The molecule has 1 aromatic heterocycles. The minimum absolute atomic E-state index is 0.0601. The summed E-state index contributed by atoms with van der Waals surface area (Å²) in [6.07, 6.45) is 3.21. The standard InChI is InChI=1S/C26H33FN6O/c1-6-32-25-17-10-22(26(30)33-13-17)34-15(4)20-11-18(27)7-8-19(20)24(29)16(12-31-5)9-21(25)23(28)14(2)3/h7-8,10-15H,6,9,28-29H2,1-5H3,(H2,30,33). The largest absolute Gasteiger partial charge is 0.482 e. The number of allylic oxidation sites excluding steroid dienone is 3. The van der Waals surface area contributed by atoms with Gasteiger partial charge >= 0.3 is 0 Å². The highest BCUT2D eigenvalue weighted by molar-refractivity contribution is 6.14. The summed E-state index contributed by atoms with van der Waals surface area (Å²) in [5.41, 5.74) is 24.9. The lowest BCUT2D eigenvalue weighted by Gasteiger charge is -2.24. The lowest BCUT2D eigenvalue weighted by Crippen LogP contribution is -2.20. The minimum atomic E-state index is -0.551. The number of hydrogen-bond donors (Lipinski definition) is 3. The third-order valence-corrected chi connectivity index (χ3v) is 5.77. The van der Waals surface area contributed by atoms with Gasteiger partial charge in [-0.05, 0) is 49.6 Å². The molecule has 0 fully saturated rings. The summed E-state index contributed by atoms with van der Waals surface area (Å²) < 4.78 is 20.5. The fourth-order valence-electron chi connectivity index (χ4n) is 3.97. The number of fused-ring (bicyclic) bond motifs is 3. The second-order valence-corrected chi connectivity index (χ2v) is 8.51. The van der Waals surface area contributed by atoms with Gasteiger partial charge in [-0.3, -0.25) is 9.98 Å². The van der Waals surface area contributed by atoms with Gasteiger partial charge < -0.3 is 21.9 Å². The molecule has 2 bridgehead atoms. The Morgan fingerprint density at radius 1 is 1.29 bits per heavy atom. The van der Waals surface area contributed by atoms with Gasteiger partial charge in [-0.1, -0.05) is 13.8 Å². The maximum atomic E-state index is 14.3. The monoisotopic (exact) mass is 464 g/mol. The maximum absolute atomic E-state index is 14.3. The van der Waals surface area contributed by atoms with E-state index in [1.54, 1.807) is 25.5 Å². The van der Waals surface area contributed by atoms with Crippen LogP contribution in [0.1, 0.15) is 56.9 Å². The van der Waals surface area contributed by atoms with E-state index in [4.69, 9.17) is 26.9 Å². The topological polar surface area (TPSA) is 125 Å². The highest BCUT2D eigenvalue weighted by Crippen LogP contribution is 2.34. The molecule has 0 aliphatic carbocycles. The molecule has 0 spiro atoms. The lowest BCUT2D eigenvalue weighted by molar-refractivity contribution is 0.226. The number of aliphatic imine (C=N–C) groups is 2. The van der Waals surface area contributed by atoms with Crippen molar-refractivity contribution in [1.29, 1.82) is 0 Å². The second kappa shape index (κ2) is 10.5. The summed E-state index contributed by atoms with van der Waals surface area (Å²) in [7, 11) is 1.68. The van der Waals surface area contributed by atoms with E-state index in [2.05, 4.69) is 9.98 Å². The van der Waals surface area contributed by atoms with Crippen LogP contribution in [0.15, 0.2) is 57.3 Å². The fraction of sp³-hybridized carbons (Fsp3) is 0.346. The van der Waals surface area contributed by atoms with Gasteiger partial charge in [-0.15, -0.1) is 0 Å². The smallest absolute Gasteiger partial charge is 0.166 e. The summed E-state index contributed by atoms with van der Waals surface area (Å²) in [6, 6.07) is 6.27. The highest BCUT2D eigenvalue weighted by atomic mass is 19.1. The quantitative estimate of drug-likeness (QED) is 0.581. The number of nitrogen functional groups attached to an aromatic ring is 1. The lowest BCUT2D eigenvalue weighted by atomic mass is 9.89. The first kappa shape index (κ1) is 25.0. The van der Waals surface area contributed by atoms with Crippen molar-refractivity contribution in [2.24, 2.45) is 27.4 Å². The van der Waals surface area contributed by atoms with Gasteiger partial charge in [0, 0.05) is 66.1 Å². The summed E-state index contributed by atoms with van der Waals surface area (Å²) in [4.78, 5) is 13.4. The molecule has 1 atom stereocenters. The maximum Gasteiger partial charge on any atom is 0.166 e. The normalized spacial score (nSPS) is 19.6. The van der Waals surface area contributed by atoms with Gasteiger partial charge in [0.1, 0.15) is 11.9 Å². The molecule has 6 N–H and O–H groups in total. The van der Waals surface area contributed by atoms with Crippen LogP contribution in [0.4, 0.5) is 10.2 Å². The molecule has 1 unspecified atom stereocenters. The first-order valence-corrected chi connectivity index (χ1v) is 11.3. The molecule has 180 valence electrons. The molecule has 34 heavy (non-hydrogen) atoms. The van der Waals surface area contributed by atoms with Gasteiger partial charge in [-0.2, -0.15) is 0 Å². The van der Waals surface area contributed by atoms with Gasteiger partial charge in [0.2, 0.25) is 0 Å². The third kappa shape index (κ3) is 5.11. The predicted molar refractivity (Wildman–Crippen MR) is 137 cm³/mol. The molecular formula is C26H33FN6O. The van der Waals surface area contributed by atoms with Crippen LogP contribution in [0.2, 0.25) is 0 Å². The molecule has 2 heterocycles. The van der Waals surface area contributed by atoms with Crippen LogP contribution in [0.25, 0.3) is 5.70 Å². The molecule has 7 nitrogen and oxygen atoms in total. The summed E-state index contributed by atoms with van der Waals surface area (Å²) in [5, 5.41) is 0. The number of rotatable bonds is 3. The second-order valence-electron chi connectivity index (χ2n) is 8.51. The SMILES string of the molecule is CCN=C1C(=C(N)C(C)C)CC(C=NC)=C(N)c2ccc(F)cc2C(C)Oc2cc1cnc2N. The van der Waals surface area contributed by atoms with Crippen LogP contribution >= 0.6 is 0 Å². The first-order valence-electron chi connectivity index (χ1n) is 11.3. The number of aromatic nitrogens is 1. The number of anilines is 1. The van der Waals surface area contributed by atoms with E-state index in [9.17, 15) is 4.39 Å². The molecule has 0 saturated heterocycles. The average molecular weight is 465 g/mol. The average Bonchev–Trinajstić information content (AvgIpc) is 2.80. The van der Waals surface area contributed by atoms with Crippen molar-refractivity contribution in [3.63, 3.8) is 0 Å². The Morgan fingerprint density at radius 3 is 2.68 bits per heavy atom. The van der Waals surface area contributed by atoms with E-state index in [1.165, 1.54) is 12.1 Å². The molecule has 0 radical (unpaired) electrons. The Labute approximate surface area is 200 Å². The summed E-state index contributed by atoms with van der Waals surface area (Å²) in [5.74, 6) is 0.280. The van der Waals surface area contributed by atoms with Crippen LogP contribution in [0, 0.1) is 11.7 Å². The van der Waals surface area contributed by atoms with E-state index in [1.807, 2.05) is 33.8 Å². The molecule has 1 aliphatic heterocycles. The first-order chi connectivity index (χ1) is 16.2. The number of halogens is 1. The number of ether oxygens (including phenoxy) is 1. The van der Waals surface area contributed by atoms with E-state index in [0.717, 1.165) is 16.7 Å². The van der Waals surface area contributed by atoms with Crippen molar-refractivity contribution >= 4 is 23.4 Å². The van der Waals surface area contributed by atoms with E-state index in [0.29, 0.717) is 46.9 Å². The Hall–Kier alpha value is -3.68. The molecular weight excluding hydrogens is 431 g/mol. The Balaban J connectivity index is 2.43. The number of nitrogens with two attached hydrogens (primary N) is 3.